The number of aliphatic hydroxyl groups excluding tert-OH is 1. The monoisotopic (exact) mass is 274 g/mol. The minimum absolute atomic E-state index is 0.141. The molecule has 2 N–H and O–H groups in total. The summed E-state index contributed by atoms with van der Waals surface area (Å²) in [6.07, 6.45) is -1.18. The Labute approximate surface area is 97.9 Å². The van der Waals surface area contributed by atoms with E-state index < -0.39 is 12.1 Å². The summed E-state index contributed by atoms with van der Waals surface area (Å²) >= 11 is 3.26. The van der Waals surface area contributed by atoms with Crippen LogP contribution >= 0.6 is 15.9 Å². The van der Waals surface area contributed by atoms with Gasteiger partial charge in [0.1, 0.15) is 0 Å². The van der Waals surface area contributed by atoms with E-state index in [0.717, 1.165) is 10.0 Å². The molecule has 3 nitrogen and oxygen atoms in total. The van der Waals surface area contributed by atoms with Crippen molar-refractivity contribution in [3.05, 3.63) is 34.3 Å². The number of rotatable bonds is 3. The number of carbonyl (C=O) groups is 1. The summed E-state index contributed by atoms with van der Waals surface area (Å²) in [6.45, 7) is 4.00. The van der Waals surface area contributed by atoms with Gasteiger partial charge in [0, 0.05) is 10.9 Å². The average Bonchev–Trinajstić information content (AvgIpc) is 2.24. The Kier molecular flexibility index (Phi) is 6.99. The van der Waals surface area contributed by atoms with E-state index in [-0.39, 0.29) is 6.42 Å². The van der Waals surface area contributed by atoms with Gasteiger partial charge in [-0.1, -0.05) is 41.9 Å². The quantitative estimate of drug-likeness (QED) is 0.890. The maximum absolute atomic E-state index is 10.3. The van der Waals surface area contributed by atoms with Crippen LogP contribution in [0.5, 0.6) is 0 Å². The van der Waals surface area contributed by atoms with Gasteiger partial charge in [0.25, 0.3) is 0 Å². The molecule has 1 aromatic rings. The van der Waals surface area contributed by atoms with Crippen LogP contribution in [0.4, 0.5) is 0 Å². The van der Waals surface area contributed by atoms with Crippen LogP contribution in [0.1, 0.15) is 19.4 Å². The molecule has 1 atom stereocenters. The lowest BCUT2D eigenvalue weighted by molar-refractivity contribution is -0.146. The van der Waals surface area contributed by atoms with Crippen molar-refractivity contribution >= 4 is 21.9 Å². The molecule has 0 heterocycles. The zero-order valence-electron chi connectivity index (χ0n) is 8.77. The molecule has 84 valence electrons. The molecule has 0 amide bonds. The summed E-state index contributed by atoms with van der Waals surface area (Å²) < 4.78 is 0.932. The van der Waals surface area contributed by atoms with E-state index in [0.29, 0.717) is 0 Å². The van der Waals surface area contributed by atoms with Crippen molar-refractivity contribution in [1.82, 2.24) is 0 Å². The summed E-state index contributed by atoms with van der Waals surface area (Å²) in [6, 6.07) is 7.17. The average molecular weight is 275 g/mol. The first-order valence-electron chi connectivity index (χ1n) is 4.75. The number of aliphatic carboxylic acids is 1. The lowest BCUT2D eigenvalue weighted by Crippen LogP contribution is -2.21. The SMILES string of the molecule is CC.O=C(O)C(O)Cc1ccc(Br)cc1. The summed E-state index contributed by atoms with van der Waals surface area (Å²) in [5, 5.41) is 17.5. The van der Waals surface area contributed by atoms with E-state index in [4.69, 9.17) is 10.2 Å². The molecule has 0 saturated carbocycles. The second-order valence-corrected chi connectivity index (χ2v) is 3.60. The summed E-state index contributed by atoms with van der Waals surface area (Å²) in [5.74, 6) is -1.19. The van der Waals surface area contributed by atoms with Crippen LogP contribution in [0.15, 0.2) is 28.7 Å². The number of benzene rings is 1. The highest BCUT2D eigenvalue weighted by Gasteiger charge is 2.12. The van der Waals surface area contributed by atoms with Gasteiger partial charge in [0.05, 0.1) is 0 Å². The van der Waals surface area contributed by atoms with Gasteiger partial charge in [-0.25, -0.2) is 4.79 Å². The lowest BCUT2D eigenvalue weighted by atomic mass is 10.1. The van der Waals surface area contributed by atoms with Crippen molar-refractivity contribution < 1.29 is 15.0 Å². The maximum atomic E-state index is 10.3. The van der Waals surface area contributed by atoms with Crippen molar-refractivity contribution in [3.8, 4) is 0 Å². The van der Waals surface area contributed by atoms with E-state index in [1.807, 2.05) is 26.0 Å². The van der Waals surface area contributed by atoms with E-state index in [1.54, 1.807) is 12.1 Å². The number of hydrogen-bond acceptors (Lipinski definition) is 2. The zero-order chi connectivity index (χ0) is 11.8. The summed E-state index contributed by atoms with van der Waals surface area (Å²) in [4.78, 5) is 10.3. The van der Waals surface area contributed by atoms with Crippen LogP contribution in [0, 0.1) is 0 Å². The zero-order valence-corrected chi connectivity index (χ0v) is 10.4. The molecule has 1 aromatic carbocycles. The maximum Gasteiger partial charge on any atom is 0.332 e. The Balaban J connectivity index is 0.000000921. The van der Waals surface area contributed by atoms with Gasteiger partial charge in [-0.3, -0.25) is 0 Å². The fraction of sp³-hybridized carbons (Fsp3) is 0.364. The first-order valence-corrected chi connectivity index (χ1v) is 5.54. The topological polar surface area (TPSA) is 57.5 Å². The first kappa shape index (κ1) is 14.1. The number of halogens is 1. The molecular formula is C11H15BrO3. The summed E-state index contributed by atoms with van der Waals surface area (Å²) in [5.41, 5.74) is 0.804. The minimum Gasteiger partial charge on any atom is -0.479 e. The Morgan fingerprint density at radius 1 is 1.33 bits per heavy atom. The predicted molar refractivity (Wildman–Crippen MR) is 62.8 cm³/mol. The molecule has 0 aliphatic rings. The highest BCUT2D eigenvalue weighted by molar-refractivity contribution is 9.10. The molecule has 0 radical (unpaired) electrons. The van der Waals surface area contributed by atoms with Crippen molar-refractivity contribution in [1.29, 1.82) is 0 Å². The molecule has 0 spiro atoms. The lowest BCUT2D eigenvalue weighted by Gasteiger charge is -2.04. The highest BCUT2D eigenvalue weighted by atomic mass is 79.9. The molecule has 0 aromatic heterocycles. The summed E-state index contributed by atoms with van der Waals surface area (Å²) in [7, 11) is 0. The van der Waals surface area contributed by atoms with E-state index in [9.17, 15) is 4.79 Å². The normalized spacial score (nSPS) is 11.2. The predicted octanol–water partition coefficient (Wildman–Crippen LogP) is 2.46. The smallest absolute Gasteiger partial charge is 0.332 e. The Hall–Kier alpha value is -0.870. The first-order chi connectivity index (χ1) is 7.09. The van der Waals surface area contributed by atoms with Crippen LogP contribution in [0.2, 0.25) is 0 Å². The van der Waals surface area contributed by atoms with E-state index >= 15 is 0 Å². The van der Waals surface area contributed by atoms with Gasteiger partial charge in [0.2, 0.25) is 0 Å². The second kappa shape index (κ2) is 7.43. The molecule has 0 bridgehead atoms. The van der Waals surface area contributed by atoms with Crippen LogP contribution in [0.3, 0.4) is 0 Å². The van der Waals surface area contributed by atoms with Crippen LogP contribution in [-0.4, -0.2) is 22.3 Å². The molecule has 0 saturated heterocycles. The molecule has 0 aliphatic carbocycles. The van der Waals surface area contributed by atoms with Gasteiger partial charge in [0.15, 0.2) is 6.10 Å². The van der Waals surface area contributed by atoms with E-state index in [1.165, 1.54) is 0 Å². The van der Waals surface area contributed by atoms with Crippen LogP contribution in [0.25, 0.3) is 0 Å². The largest absolute Gasteiger partial charge is 0.479 e. The van der Waals surface area contributed by atoms with Gasteiger partial charge in [-0.05, 0) is 17.7 Å². The Morgan fingerprint density at radius 3 is 2.20 bits per heavy atom. The van der Waals surface area contributed by atoms with Gasteiger partial charge < -0.3 is 10.2 Å². The molecule has 15 heavy (non-hydrogen) atoms. The standard InChI is InChI=1S/C9H9BrO3.C2H6/c10-7-3-1-6(2-4-7)5-8(11)9(12)13;1-2/h1-4,8,11H,5H2,(H,12,13);1-2H3. The number of carboxylic acid groups (broad SMARTS) is 1. The number of aliphatic hydroxyl groups is 1. The third kappa shape index (κ3) is 5.54. The van der Waals surface area contributed by atoms with Crippen molar-refractivity contribution in [3.63, 3.8) is 0 Å². The highest BCUT2D eigenvalue weighted by Crippen LogP contribution is 2.11. The van der Waals surface area contributed by atoms with E-state index in [2.05, 4.69) is 15.9 Å². The van der Waals surface area contributed by atoms with Crippen LogP contribution < -0.4 is 0 Å². The molecule has 4 heteroatoms. The molecule has 1 rings (SSSR count). The fourth-order valence-corrected chi connectivity index (χ4v) is 1.20. The molecule has 1 unspecified atom stereocenters. The number of carboxylic acids is 1. The molecule has 0 aliphatic heterocycles. The minimum atomic E-state index is -1.32. The second-order valence-electron chi connectivity index (χ2n) is 2.68. The van der Waals surface area contributed by atoms with Crippen LogP contribution in [-0.2, 0) is 11.2 Å². The Morgan fingerprint density at radius 2 is 1.80 bits per heavy atom. The van der Waals surface area contributed by atoms with Crippen molar-refractivity contribution in [2.24, 2.45) is 0 Å². The molecular weight excluding hydrogens is 260 g/mol. The van der Waals surface area contributed by atoms with Gasteiger partial charge in [-0.15, -0.1) is 0 Å². The van der Waals surface area contributed by atoms with Gasteiger partial charge in [-0.2, -0.15) is 0 Å². The fourth-order valence-electron chi connectivity index (χ4n) is 0.931. The van der Waals surface area contributed by atoms with Crippen molar-refractivity contribution in [2.45, 2.75) is 26.4 Å². The van der Waals surface area contributed by atoms with Gasteiger partial charge >= 0.3 is 5.97 Å². The Bertz CT molecular complexity index is 295. The third-order valence-corrected chi connectivity index (χ3v) is 2.16. The third-order valence-electron chi connectivity index (χ3n) is 1.63. The molecule has 0 fully saturated rings. The van der Waals surface area contributed by atoms with Crippen molar-refractivity contribution in [2.75, 3.05) is 0 Å². The number of hydrogen-bond donors (Lipinski definition) is 2.